The van der Waals surface area contributed by atoms with Gasteiger partial charge in [0.15, 0.2) is 0 Å². The second-order valence-corrected chi connectivity index (χ2v) is 9.45. The van der Waals surface area contributed by atoms with Gasteiger partial charge in [0.05, 0.1) is 6.10 Å². The zero-order chi connectivity index (χ0) is 19.6. The number of ether oxygens (including phenoxy) is 1. The second-order valence-electron chi connectivity index (χ2n) is 8.57. The van der Waals surface area contributed by atoms with Crippen molar-refractivity contribution < 1.29 is 13.7 Å². The highest BCUT2D eigenvalue weighted by molar-refractivity contribution is 7.98. The predicted molar refractivity (Wildman–Crippen MR) is 113 cm³/mol. The van der Waals surface area contributed by atoms with Crippen molar-refractivity contribution in [1.82, 2.24) is 4.90 Å². The first-order valence-corrected chi connectivity index (χ1v) is 10.9. The Bertz CT molecular complexity index is 759. The van der Waals surface area contributed by atoms with Crippen LogP contribution in [-0.2, 0) is 15.5 Å². The summed E-state index contributed by atoms with van der Waals surface area (Å²) < 4.78 is 11.5. The van der Waals surface area contributed by atoms with E-state index in [-0.39, 0.29) is 6.09 Å². The molecule has 0 N–H and O–H groups in total. The molecule has 0 atom stereocenters. The summed E-state index contributed by atoms with van der Waals surface area (Å²) in [7, 11) is 1.86. The monoisotopic (exact) mass is 399 g/mol. The van der Waals surface area contributed by atoms with E-state index >= 15 is 0 Å². The summed E-state index contributed by atoms with van der Waals surface area (Å²) in [6.45, 7) is 2.51. The minimum atomic E-state index is -0.223. The van der Waals surface area contributed by atoms with E-state index in [1.807, 2.05) is 37.4 Å². The van der Waals surface area contributed by atoms with Gasteiger partial charge in [0.2, 0.25) is 0 Å². The number of hydrogen-bond donors (Lipinski definition) is 0. The number of allylic oxidation sites excluding steroid dienone is 4. The van der Waals surface area contributed by atoms with Crippen molar-refractivity contribution in [2.45, 2.75) is 64.2 Å². The summed E-state index contributed by atoms with van der Waals surface area (Å²) in [4.78, 5) is 15.4. The van der Waals surface area contributed by atoms with Crippen LogP contribution in [0.2, 0.25) is 0 Å². The van der Waals surface area contributed by atoms with Crippen molar-refractivity contribution in [3.8, 4) is 0 Å². The number of hydrogen-bond acceptors (Lipinski definition) is 4. The number of nitrogens with zero attached hydrogens (tertiary/aromatic N) is 1. The fourth-order valence-electron chi connectivity index (χ4n) is 4.41. The smallest absolute Gasteiger partial charge is 0.410 e. The third kappa shape index (κ3) is 4.47. The molecule has 0 radical (unpaired) electrons. The molecule has 28 heavy (non-hydrogen) atoms. The lowest BCUT2D eigenvalue weighted by atomic mass is 9.52. The summed E-state index contributed by atoms with van der Waals surface area (Å²) in [5.41, 5.74) is 2.85. The van der Waals surface area contributed by atoms with Crippen molar-refractivity contribution in [2.24, 2.45) is 5.41 Å². The van der Waals surface area contributed by atoms with Crippen molar-refractivity contribution in [3.05, 3.63) is 58.5 Å². The molecule has 0 aliphatic heterocycles. The molecule has 1 aromatic rings. The Morgan fingerprint density at radius 1 is 1.14 bits per heavy atom. The molecule has 4 rings (SSSR count). The van der Waals surface area contributed by atoms with E-state index < -0.39 is 0 Å². The van der Waals surface area contributed by atoms with Crippen LogP contribution in [-0.4, -0.2) is 30.2 Å². The fraction of sp³-hybridized carbons (Fsp3) is 0.522. The molecule has 1 amide bonds. The molecule has 0 heterocycles. The maximum absolute atomic E-state index is 12.3. The standard InChI is InChI=1S/C23H29NO3S/c1-17-8-10-21(11-9-17)28-27-20-14-23(15-20)12-19(13-23)24(2)22(25)26-16-18-6-4-3-5-7-18/h3-8,10,19-20H,9,11-16H2,1-2H3. The van der Waals surface area contributed by atoms with Crippen molar-refractivity contribution in [3.63, 3.8) is 0 Å². The van der Waals surface area contributed by atoms with Gasteiger partial charge in [-0.1, -0.05) is 48.1 Å². The first-order valence-electron chi connectivity index (χ1n) is 10.2. The average molecular weight is 400 g/mol. The minimum absolute atomic E-state index is 0.223. The van der Waals surface area contributed by atoms with E-state index in [9.17, 15) is 4.79 Å². The molecule has 0 bridgehead atoms. The van der Waals surface area contributed by atoms with Crippen molar-refractivity contribution in [1.29, 1.82) is 0 Å². The molecule has 1 aromatic carbocycles. The number of carbonyl (C=O) groups excluding carboxylic acids is 1. The molecule has 1 spiro atoms. The van der Waals surface area contributed by atoms with E-state index in [1.54, 1.807) is 16.9 Å². The molecule has 2 saturated carbocycles. The van der Waals surface area contributed by atoms with Gasteiger partial charge in [-0.15, -0.1) is 0 Å². The van der Waals surface area contributed by atoms with E-state index in [2.05, 4.69) is 19.1 Å². The summed E-state index contributed by atoms with van der Waals surface area (Å²) in [5.74, 6) is 0. The third-order valence-electron chi connectivity index (χ3n) is 6.31. The number of carbonyl (C=O) groups is 1. The Hall–Kier alpha value is -1.72. The third-order valence-corrected chi connectivity index (χ3v) is 7.23. The van der Waals surface area contributed by atoms with E-state index in [1.165, 1.54) is 10.5 Å². The number of benzene rings is 1. The highest BCUT2D eigenvalue weighted by Crippen LogP contribution is 2.58. The van der Waals surface area contributed by atoms with Crippen LogP contribution in [0.25, 0.3) is 0 Å². The SMILES string of the molecule is CC1=CC=C(SOC2CC3(C2)CC(N(C)C(=O)OCc2ccccc2)C3)CC1. The van der Waals surface area contributed by atoms with Crippen LogP contribution in [0.5, 0.6) is 0 Å². The van der Waals surface area contributed by atoms with Crippen LogP contribution < -0.4 is 0 Å². The van der Waals surface area contributed by atoms with E-state index in [0.29, 0.717) is 24.2 Å². The topological polar surface area (TPSA) is 38.8 Å². The molecule has 4 nitrogen and oxygen atoms in total. The molecule has 150 valence electrons. The summed E-state index contributed by atoms with van der Waals surface area (Å²) in [5, 5.41) is 0. The van der Waals surface area contributed by atoms with Gasteiger partial charge >= 0.3 is 6.09 Å². The first kappa shape index (κ1) is 19.6. The summed E-state index contributed by atoms with van der Waals surface area (Å²) in [6, 6.07) is 10.1. The van der Waals surface area contributed by atoms with Crippen LogP contribution in [0.3, 0.4) is 0 Å². The molecule has 2 fully saturated rings. The van der Waals surface area contributed by atoms with Crippen LogP contribution in [0, 0.1) is 5.41 Å². The lowest BCUT2D eigenvalue weighted by Gasteiger charge is -2.58. The van der Waals surface area contributed by atoms with E-state index in [4.69, 9.17) is 8.92 Å². The Labute approximate surface area is 172 Å². The van der Waals surface area contributed by atoms with Gasteiger partial charge in [-0.05, 0) is 56.4 Å². The Balaban J connectivity index is 1.14. The maximum atomic E-state index is 12.3. The van der Waals surface area contributed by atoms with Crippen LogP contribution in [0.4, 0.5) is 4.79 Å². The van der Waals surface area contributed by atoms with Gasteiger partial charge in [-0.3, -0.25) is 0 Å². The van der Waals surface area contributed by atoms with Gasteiger partial charge < -0.3 is 13.8 Å². The van der Waals surface area contributed by atoms with Crippen LogP contribution in [0.15, 0.2) is 53.0 Å². The van der Waals surface area contributed by atoms with Crippen molar-refractivity contribution in [2.75, 3.05) is 7.05 Å². The molecular formula is C23H29NO3S. The van der Waals surface area contributed by atoms with Crippen LogP contribution >= 0.6 is 12.0 Å². The van der Waals surface area contributed by atoms with Gasteiger partial charge in [-0.25, -0.2) is 4.79 Å². The minimum Gasteiger partial charge on any atom is -0.445 e. The quantitative estimate of drug-likeness (QED) is 0.562. The normalized spacial score (nSPS) is 28.6. The zero-order valence-electron chi connectivity index (χ0n) is 16.7. The van der Waals surface area contributed by atoms with Gasteiger partial charge in [-0.2, -0.15) is 0 Å². The van der Waals surface area contributed by atoms with Gasteiger partial charge in [0.25, 0.3) is 0 Å². The molecule has 0 saturated heterocycles. The van der Waals surface area contributed by atoms with Crippen LogP contribution in [0.1, 0.15) is 51.0 Å². The summed E-state index contributed by atoms with van der Waals surface area (Å²) in [6.07, 6.45) is 11.1. The Kier molecular flexibility index (Phi) is 5.83. The second kappa shape index (κ2) is 8.34. The molecular weight excluding hydrogens is 370 g/mol. The predicted octanol–water partition coefficient (Wildman–Crippen LogP) is 5.86. The molecule has 3 aliphatic carbocycles. The number of rotatable bonds is 6. The van der Waals surface area contributed by atoms with Gasteiger partial charge in [0, 0.05) is 30.0 Å². The number of amides is 1. The zero-order valence-corrected chi connectivity index (χ0v) is 17.5. The highest BCUT2D eigenvalue weighted by Gasteiger charge is 2.55. The molecule has 0 unspecified atom stereocenters. The summed E-state index contributed by atoms with van der Waals surface area (Å²) >= 11 is 1.57. The highest BCUT2D eigenvalue weighted by atomic mass is 32.2. The molecule has 0 aromatic heterocycles. The van der Waals surface area contributed by atoms with Gasteiger partial charge in [0.1, 0.15) is 6.61 Å². The largest absolute Gasteiger partial charge is 0.445 e. The Morgan fingerprint density at radius 3 is 2.57 bits per heavy atom. The fourth-order valence-corrected chi connectivity index (χ4v) is 5.12. The van der Waals surface area contributed by atoms with Crippen molar-refractivity contribution >= 4 is 18.1 Å². The van der Waals surface area contributed by atoms with E-state index in [0.717, 1.165) is 44.1 Å². The lowest BCUT2D eigenvalue weighted by molar-refractivity contribution is -0.100. The lowest BCUT2D eigenvalue weighted by Crippen LogP contribution is -2.58. The maximum Gasteiger partial charge on any atom is 0.410 e. The first-order chi connectivity index (χ1) is 13.5. The molecule has 5 heteroatoms. The average Bonchev–Trinajstić information content (AvgIpc) is 2.65. The Morgan fingerprint density at radius 2 is 1.89 bits per heavy atom. The molecule has 3 aliphatic rings.